The SMILES string of the molecule is CCCN(CC1CC1)C(=O)N1CCCC(C)(C)C1C(=O)O. The molecule has 0 aromatic rings. The van der Waals surface area contributed by atoms with Crippen molar-refractivity contribution in [3.63, 3.8) is 0 Å². The smallest absolute Gasteiger partial charge is 0.327 e. The van der Waals surface area contributed by atoms with E-state index in [1.807, 2.05) is 18.7 Å². The molecule has 1 aliphatic carbocycles. The Balaban J connectivity index is 2.14. The molecule has 2 aliphatic rings. The van der Waals surface area contributed by atoms with Gasteiger partial charge in [-0.15, -0.1) is 0 Å². The minimum Gasteiger partial charge on any atom is -0.480 e. The molecule has 1 heterocycles. The van der Waals surface area contributed by atoms with Gasteiger partial charge in [0.2, 0.25) is 0 Å². The molecule has 1 unspecified atom stereocenters. The van der Waals surface area contributed by atoms with Crippen LogP contribution in [-0.4, -0.2) is 52.6 Å². The standard InChI is InChI=1S/C16H28N2O3/c1-4-9-17(11-12-6-7-12)15(21)18-10-5-8-16(2,3)13(18)14(19)20/h12-13H,4-11H2,1-3H3,(H,19,20). The van der Waals surface area contributed by atoms with Gasteiger partial charge in [0, 0.05) is 19.6 Å². The number of piperidine rings is 1. The molecular weight excluding hydrogens is 268 g/mol. The number of amides is 2. The average molecular weight is 296 g/mol. The maximum absolute atomic E-state index is 12.8. The first-order chi connectivity index (χ1) is 9.86. The van der Waals surface area contributed by atoms with Gasteiger partial charge in [-0.3, -0.25) is 0 Å². The fourth-order valence-corrected chi connectivity index (χ4v) is 3.40. The zero-order chi connectivity index (χ0) is 15.6. The van der Waals surface area contributed by atoms with Crippen LogP contribution in [0, 0.1) is 11.3 Å². The van der Waals surface area contributed by atoms with Crippen LogP contribution in [-0.2, 0) is 4.79 Å². The number of aliphatic carboxylic acids is 1. The number of carboxylic acids is 1. The predicted octanol–water partition coefficient (Wildman–Crippen LogP) is 2.80. The lowest BCUT2D eigenvalue weighted by Crippen LogP contribution is -2.59. The molecule has 2 fully saturated rings. The zero-order valence-corrected chi connectivity index (χ0v) is 13.5. The molecule has 21 heavy (non-hydrogen) atoms. The summed E-state index contributed by atoms with van der Waals surface area (Å²) in [5.41, 5.74) is -0.364. The van der Waals surface area contributed by atoms with Gasteiger partial charge in [-0.25, -0.2) is 9.59 Å². The normalized spacial score (nSPS) is 24.7. The van der Waals surface area contributed by atoms with Gasteiger partial charge in [-0.2, -0.15) is 0 Å². The Kier molecular flexibility index (Phi) is 4.79. The zero-order valence-electron chi connectivity index (χ0n) is 13.5. The molecule has 0 radical (unpaired) electrons. The molecule has 5 nitrogen and oxygen atoms in total. The highest BCUT2D eigenvalue weighted by Gasteiger charge is 2.45. The van der Waals surface area contributed by atoms with Crippen molar-refractivity contribution in [2.24, 2.45) is 11.3 Å². The molecule has 5 heteroatoms. The fraction of sp³-hybridized carbons (Fsp3) is 0.875. The maximum Gasteiger partial charge on any atom is 0.327 e. The van der Waals surface area contributed by atoms with E-state index in [-0.39, 0.29) is 11.4 Å². The number of rotatable bonds is 5. The number of urea groups is 1. The van der Waals surface area contributed by atoms with E-state index in [4.69, 9.17) is 0 Å². The minimum atomic E-state index is -0.879. The lowest BCUT2D eigenvalue weighted by molar-refractivity contribution is -0.148. The molecule has 1 saturated heterocycles. The Labute approximate surface area is 127 Å². The summed E-state index contributed by atoms with van der Waals surface area (Å²) in [5.74, 6) is -0.252. The molecule has 0 aromatic carbocycles. The Morgan fingerprint density at radius 2 is 2.00 bits per heavy atom. The molecule has 1 atom stereocenters. The summed E-state index contributed by atoms with van der Waals surface area (Å²) in [6, 6.07) is -0.791. The summed E-state index contributed by atoms with van der Waals surface area (Å²) in [6.45, 7) is 8.03. The van der Waals surface area contributed by atoms with Gasteiger partial charge in [-0.05, 0) is 43.4 Å². The maximum atomic E-state index is 12.8. The number of likely N-dealkylation sites (tertiary alicyclic amines) is 1. The third-order valence-electron chi connectivity index (χ3n) is 4.69. The van der Waals surface area contributed by atoms with Gasteiger partial charge in [0.1, 0.15) is 6.04 Å². The van der Waals surface area contributed by atoms with Crippen molar-refractivity contribution in [2.75, 3.05) is 19.6 Å². The largest absolute Gasteiger partial charge is 0.480 e. The van der Waals surface area contributed by atoms with Gasteiger partial charge < -0.3 is 14.9 Å². The highest BCUT2D eigenvalue weighted by atomic mass is 16.4. The monoisotopic (exact) mass is 296 g/mol. The summed E-state index contributed by atoms with van der Waals surface area (Å²) in [5, 5.41) is 9.59. The van der Waals surface area contributed by atoms with E-state index < -0.39 is 12.0 Å². The van der Waals surface area contributed by atoms with E-state index in [1.165, 1.54) is 12.8 Å². The van der Waals surface area contributed by atoms with Crippen LogP contribution in [0.25, 0.3) is 0 Å². The molecule has 1 saturated carbocycles. The number of carbonyl (C=O) groups is 2. The van der Waals surface area contributed by atoms with Crippen LogP contribution in [0.15, 0.2) is 0 Å². The Bertz CT molecular complexity index is 404. The molecule has 0 aromatic heterocycles. The molecule has 0 spiro atoms. The number of hydrogen-bond donors (Lipinski definition) is 1. The highest BCUT2D eigenvalue weighted by molar-refractivity contribution is 5.83. The van der Waals surface area contributed by atoms with Crippen LogP contribution in [0.5, 0.6) is 0 Å². The van der Waals surface area contributed by atoms with Crippen molar-refractivity contribution in [3.8, 4) is 0 Å². The van der Waals surface area contributed by atoms with E-state index in [0.29, 0.717) is 12.5 Å². The fourth-order valence-electron chi connectivity index (χ4n) is 3.40. The minimum absolute atomic E-state index is 0.0797. The summed E-state index contributed by atoms with van der Waals surface area (Å²) in [7, 11) is 0. The molecule has 2 amide bonds. The Hall–Kier alpha value is -1.26. The van der Waals surface area contributed by atoms with Gasteiger partial charge >= 0.3 is 12.0 Å². The van der Waals surface area contributed by atoms with Gasteiger partial charge in [0.15, 0.2) is 0 Å². The molecule has 120 valence electrons. The second-order valence-corrected chi connectivity index (χ2v) is 7.20. The van der Waals surface area contributed by atoms with Gasteiger partial charge in [0.05, 0.1) is 0 Å². The van der Waals surface area contributed by atoms with Crippen molar-refractivity contribution in [2.45, 2.75) is 58.9 Å². The third-order valence-corrected chi connectivity index (χ3v) is 4.69. The lowest BCUT2D eigenvalue weighted by Gasteiger charge is -2.45. The van der Waals surface area contributed by atoms with E-state index in [0.717, 1.165) is 32.4 Å². The molecule has 1 N–H and O–H groups in total. The van der Waals surface area contributed by atoms with E-state index in [9.17, 15) is 14.7 Å². The summed E-state index contributed by atoms with van der Waals surface area (Å²) < 4.78 is 0. The third kappa shape index (κ3) is 3.69. The quantitative estimate of drug-likeness (QED) is 0.848. The van der Waals surface area contributed by atoms with Crippen molar-refractivity contribution in [1.29, 1.82) is 0 Å². The first-order valence-corrected chi connectivity index (χ1v) is 8.15. The first kappa shape index (κ1) is 16.1. The molecule has 2 rings (SSSR count). The van der Waals surface area contributed by atoms with Crippen molar-refractivity contribution in [1.82, 2.24) is 9.80 Å². The van der Waals surface area contributed by atoms with Crippen molar-refractivity contribution >= 4 is 12.0 Å². The van der Waals surface area contributed by atoms with Crippen LogP contribution >= 0.6 is 0 Å². The van der Waals surface area contributed by atoms with Gasteiger partial charge in [0.25, 0.3) is 0 Å². The summed E-state index contributed by atoms with van der Waals surface area (Å²) in [4.78, 5) is 28.0. The van der Waals surface area contributed by atoms with Crippen LogP contribution < -0.4 is 0 Å². The Morgan fingerprint density at radius 3 is 2.52 bits per heavy atom. The molecule has 1 aliphatic heterocycles. The van der Waals surface area contributed by atoms with Crippen LogP contribution in [0.1, 0.15) is 52.9 Å². The van der Waals surface area contributed by atoms with E-state index >= 15 is 0 Å². The molecule has 0 bridgehead atoms. The predicted molar refractivity (Wildman–Crippen MR) is 81.1 cm³/mol. The average Bonchev–Trinajstić information content (AvgIpc) is 3.19. The number of carboxylic acid groups (broad SMARTS) is 1. The lowest BCUT2D eigenvalue weighted by atomic mass is 9.76. The number of carbonyl (C=O) groups excluding carboxylic acids is 1. The van der Waals surface area contributed by atoms with Crippen molar-refractivity contribution in [3.05, 3.63) is 0 Å². The van der Waals surface area contributed by atoms with Gasteiger partial charge in [-0.1, -0.05) is 20.8 Å². The number of hydrogen-bond acceptors (Lipinski definition) is 2. The highest BCUT2D eigenvalue weighted by Crippen LogP contribution is 2.36. The van der Waals surface area contributed by atoms with Crippen LogP contribution in [0.2, 0.25) is 0 Å². The second-order valence-electron chi connectivity index (χ2n) is 7.20. The molecular formula is C16H28N2O3. The van der Waals surface area contributed by atoms with E-state index in [1.54, 1.807) is 4.90 Å². The van der Waals surface area contributed by atoms with Crippen molar-refractivity contribution < 1.29 is 14.7 Å². The van der Waals surface area contributed by atoms with Crippen LogP contribution in [0.4, 0.5) is 4.79 Å². The second kappa shape index (κ2) is 6.24. The summed E-state index contributed by atoms with van der Waals surface area (Å²) >= 11 is 0. The van der Waals surface area contributed by atoms with Crippen LogP contribution in [0.3, 0.4) is 0 Å². The topological polar surface area (TPSA) is 60.9 Å². The van der Waals surface area contributed by atoms with E-state index in [2.05, 4.69) is 6.92 Å². The summed E-state index contributed by atoms with van der Waals surface area (Å²) in [6.07, 6.45) is 5.03. The number of nitrogens with zero attached hydrogens (tertiary/aromatic N) is 2. The Morgan fingerprint density at radius 1 is 1.33 bits per heavy atom. The first-order valence-electron chi connectivity index (χ1n) is 8.15.